The van der Waals surface area contributed by atoms with E-state index in [0.29, 0.717) is 35.2 Å². The van der Waals surface area contributed by atoms with Crippen LogP contribution in [0.2, 0.25) is 0 Å². The van der Waals surface area contributed by atoms with Crippen LogP contribution in [-0.4, -0.2) is 31.5 Å². The van der Waals surface area contributed by atoms with Gasteiger partial charge < -0.3 is 9.26 Å². The van der Waals surface area contributed by atoms with E-state index >= 15 is 0 Å². The molecule has 0 aliphatic carbocycles. The maximum absolute atomic E-state index is 14.5. The van der Waals surface area contributed by atoms with Crippen LogP contribution in [0, 0.1) is 17.5 Å². The van der Waals surface area contributed by atoms with E-state index in [2.05, 4.69) is 20.2 Å². The summed E-state index contributed by atoms with van der Waals surface area (Å²) in [5.74, 6) is -1.49. The number of imidazole rings is 1. The summed E-state index contributed by atoms with van der Waals surface area (Å²) in [6.45, 7) is 2.67. The van der Waals surface area contributed by atoms with E-state index in [-0.39, 0.29) is 23.5 Å². The van der Waals surface area contributed by atoms with Gasteiger partial charge in [-0.3, -0.25) is 4.68 Å². The smallest absolute Gasteiger partial charge is 0.169 e. The lowest BCUT2D eigenvalue weighted by molar-refractivity contribution is 0.316. The molecule has 2 aromatic carbocycles. The van der Waals surface area contributed by atoms with Crippen molar-refractivity contribution in [3.05, 3.63) is 78.1 Å². The second kappa shape index (κ2) is 8.97. The van der Waals surface area contributed by atoms with Crippen molar-refractivity contribution in [1.82, 2.24) is 24.9 Å². The first-order chi connectivity index (χ1) is 16.5. The van der Waals surface area contributed by atoms with E-state index in [1.807, 2.05) is 6.92 Å². The van der Waals surface area contributed by atoms with E-state index in [4.69, 9.17) is 9.26 Å². The van der Waals surface area contributed by atoms with Crippen molar-refractivity contribution < 1.29 is 22.4 Å². The predicted molar refractivity (Wildman–Crippen MR) is 117 cm³/mol. The van der Waals surface area contributed by atoms with E-state index in [9.17, 15) is 13.2 Å². The quantitative estimate of drug-likeness (QED) is 0.322. The Hall–Kier alpha value is -4.21. The van der Waals surface area contributed by atoms with Gasteiger partial charge in [-0.2, -0.15) is 5.10 Å². The lowest BCUT2D eigenvalue weighted by Crippen LogP contribution is -2.04. The van der Waals surface area contributed by atoms with Gasteiger partial charge in [0, 0.05) is 17.7 Å². The van der Waals surface area contributed by atoms with Gasteiger partial charge >= 0.3 is 0 Å². The SMILES string of the molecule is CCCOc1ccc(-c2cc(Cn3cc4nc(-c5cccc(F)c5F)nc-4cn3)on2)c(F)c1. The van der Waals surface area contributed by atoms with Crippen molar-refractivity contribution in [2.75, 3.05) is 6.61 Å². The van der Waals surface area contributed by atoms with Gasteiger partial charge in [-0.25, -0.2) is 23.1 Å². The van der Waals surface area contributed by atoms with Gasteiger partial charge in [-0.15, -0.1) is 0 Å². The van der Waals surface area contributed by atoms with Crippen LogP contribution in [0.1, 0.15) is 19.1 Å². The second-order valence-electron chi connectivity index (χ2n) is 7.56. The molecule has 3 aromatic rings. The number of fused-ring (bicyclic) bond motifs is 1. The lowest BCUT2D eigenvalue weighted by atomic mass is 10.1. The molecule has 0 amide bonds. The Kier molecular flexibility index (Phi) is 5.70. The standard InChI is InChI=1S/C24H18F3N5O2/c1-2-8-33-14-6-7-16(19(26)9-14)20-10-15(34-31-20)12-32-13-22-21(11-28-32)29-24(30-22)17-4-3-5-18(25)23(17)27/h3-7,9-11,13H,2,8,12H2,1H3. The van der Waals surface area contributed by atoms with E-state index in [1.165, 1.54) is 29.1 Å². The number of aromatic nitrogens is 5. The molecule has 7 nitrogen and oxygen atoms in total. The fraction of sp³-hybridized carbons (Fsp3) is 0.167. The molecule has 0 bridgehead atoms. The minimum absolute atomic E-state index is 0.0317. The molecule has 10 heteroatoms. The highest BCUT2D eigenvalue weighted by atomic mass is 19.2. The Morgan fingerprint density at radius 1 is 0.941 bits per heavy atom. The minimum Gasteiger partial charge on any atom is -0.494 e. The molecule has 0 unspecified atom stereocenters. The van der Waals surface area contributed by atoms with Crippen molar-refractivity contribution in [3.8, 4) is 39.8 Å². The van der Waals surface area contributed by atoms with Crippen LogP contribution < -0.4 is 4.74 Å². The molecule has 0 atom stereocenters. The number of benzene rings is 2. The van der Waals surface area contributed by atoms with Crippen LogP contribution in [-0.2, 0) is 6.54 Å². The molecule has 2 aliphatic rings. The van der Waals surface area contributed by atoms with Crippen LogP contribution in [0.5, 0.6) is 5.75 Å². The summed E-state index contributed by atoms with van der Waals surface area (Å²) in [5, 5.41) is 8.21. The van der Waals surface area contributed by atoms with Crippen molar-refractivity contribution >= 4 is 0 Å². The molecule has 0 N–H and O–H groups in total. The van der Waals surface area contributed by atoms with Gasteiger partial charge in [0.2, 0.25) is 0 Å². The molecule has 0 saturated heterocycles. The van der Waals surface area contributed by atoms with E-state index in [0.717, 1.165) is 12.5 Å². The first-order valence-electron chi connectivity index (χ1n) is 10.5. The Labute approximate surface area is 192 Å². The van der Waals surface area contributed by atoms with Gasteiger partial charge in [-0.1, -0.05) is 18.1 Å². The van der Waals surface area contributed by atoms with Gasteiger partial charge in [0.25, 0.3) is 0 Å². The number of rotatable bonds is 7. The number of ether oxygens (including phenoxy) is 1. The highest BCUT2D eigenvalue weighted by Crippen LogP contribution is 2.28. The molecule has 0 spiro atoms. The van der Waals surface area contributed by atoms with Gasteiger partial charge in [0.15, 0.2) is 23.2 Å². The highest BCUT2D eigenvalue weighted by Gasteiger charge is 2.19. The zero-order valence-corrected chi connectivity index (χ0v) is 18.0. The largest absolute Gasteiger partial charge is 0.494 e. The Bertz CT molecular complexity index is 1430. The first-order valence-corrected chi connectivity index (χ1v) is 10.5. The highest BCUT2D eigenvalue weighted by molar-refractivity contribution is 5.65. The topological polar surface area (TPSA) is 78.9 Å². The summed E-state index contributed by atoms with van der Waals surface area (Å²) in [6.07, 6.45) is 3.90. The van der Waals surface area contributed by atoms with Crippen LogP contribution in [0.4, 0.5) is 13.2 Å². The summed E-state index contributed by atoms with van der Waals surface area (Å²) in [5.41, 5.74) is 1.47. The average molecular weight is 465 g/mol. The molecule has 3 heterocycles. The van der Waals surface area contributed by atoms with Gasteiger partial charge in [0.05, 0.1) is 24.6 Å². The molecule has 0 saturated carbocycles. The third-order valence-corrected chi connectivity index (χ3v) is 5.07. The van der Waals surface area contributed by atoms with Crippen LogP contribution in [0.15, 0.2) is 59.4 Å². The van der Waals surface area contributed by atoms with Crippen LogP contribution in [0.3, 0.4) is 0 Å². The van der Waals surface area contributed by atoms with Crippen molar-refractivity contribution in [3.63, 3.8) is 0 Å². The molecule has 0 fully saturated rings. The molecule has 34 heavy (non-hydrogen) atoms. The molecular weight excluding hydrogens is 447 g/mol. The van der Waals surface area contributed by atoms with E-state index < -0.39 is 17.5 Å². The molecular formula is C24H18F3N5O2. The van der Waals surface area contributed by atoms with Gasteiger partial charge in [-0.05, 0) is 30.7 Å². The maximum Gasteiger partial charge on any atom is 0.169 e. The summed E-state index contributed by atoms with van der Waals surface area (Å²) < 4.78 is 54.5. The van der Waals surface area contributed by atoms with Crippen LogP contribution >= 0.6 is 0 Å². The van der Waals surface area contributed by atoms with E-state index in [1.54, 1.807) is 24.4 Å². The number of halogens is 3. The Balaban J connectivity index is 1.36. The Morgan fingerprint density at radius 3 is 2.62 bits per heavy atom. The molecule has 172 valence electrons. The normalized spacial score (nSPS) is 11.3. The monoisotopic (exact) mass is 465 g/mol. The fourth-order valence-corrected chi connectivity index (χ4v) is 3.43. The molecule has 1 aromatic heterocycles. The van der Waals surface area contributed by atoms with Crippen LogP contribution in [0.25, 0.3) is 34.0 Å². The third kappa shape index (κ3) is 4.21. The number of nitrogens with zero attached hydrogens (tertiary/aromatic N) is 5. The summed E-state index contributed by atoms with van der Waals surface area (Å²) in [4.78, 5) is 8.53. The zero-order chi connectivity index (χ0) is 23.7. The van der Waals surface area contributed by atoms with Gasteiger partial charge in [0.1, 0.15) is 35.2 Å². The average Bonchev–Trinajstić information content (AvgIpc) is 3.46. The number of hydrogen-bond acceptors (Lipinski definition) is 6. The maximum atomic E-state index is 14.5. The third-order valence-electron chi connectivity index (χ3n) is 5.07. The summed E-state index contributed by atoms with van der Waals surface area (Å²) >= 11 is 0. The fourth-order valence-electron chi connectivity index (χ4n) is 3.43. The van der Waals surface area contributed by atoms with Crippen molar-refractivity contribution in [1.29, 1.82) is 0 Å². The Morgan fingerprint density at radius 2 is 1.79 bits per heavy atom. The summed E-state index contributed by atoms with van der Waals surface area (Å²) in [7, 11) is 0. The molecule has 2 aliphatic heterocycles. The molecule has 0 radical (unpaired) electrons. The van der Waals surface area contributed by atoms with Crippen molar-refractivity contribution in [2.24, 2.45) is 0 Å². The minimum atomic E-state index is -1.01. The second-order valence-corrected chi connectivity index (χ2v) is 7.56. The predicted octanol–water partition coefficient (Wildman–Crippen LogP) is 5.35. The van der Waals surface area contributed by atoms with Crippen molar-refractivity contribution in [2.45, 2.75) is 19.9 Å². The molecule has 5 rings (SSSR count). The first kappa shape index (κ1) is 21.6. The lowest BCUT2D eigenvalue weighted by Gasteiger charge is -2.06. The zero-order valence-electron chi connectivity index (χ0n) is 18.0. The summed E-state index contributed by atoms with van der Waals surface area (Å²) in [6, 6.07) is 10.0. The number of hydrogen-bond donors (Lipinski definition) is 0.